The monoisotopic (exact) mass is 205 g/mol. The highest BCUT2D eigenvalue weighted by atomic mass is 32.2. The van der Waals surface area contributed by atoms with E-state index in [1.54, 1.807) is 0 Å². The number of alkyl halides is 1. The van der Waals surface area contributed by atoms with Crippen LogP contribution in [0.15, 0.2) is 23.1 Å². The highest BCUT2D eigenvalue weighted by molar-refractivity contribution is 7.85. The molecule has 0 aliphatic heterocycles. The van der Waals surface area contributed by atoms with Gasteiger partial charge in [0.25, 0.3) is 0 Å². The number of hydrogen-bond acceptors (Lipinski definition) is 2. The molecule has 1 atom stereocenters. The molecule has 0 aliphatic carbocycles. The predicted molar refractivity (Wildman–Crippen MR) is 48.1 cm³/mol. The van der Waals surface area contributed by atoms with Crippen molar-refractivity contribution < 1.29 is 13.0 Å². The summed E-state index contributed by atoms with van der Waals surface area (Å²) in [4.78, 5) is 0.232. The quantitative estimate of drug-likeness (QED) is 0.759. The van der Waals surface area contributed by atoms with Crippen molar-refractivity contribution in [1.82, 2.24) is 0 Å². The fourth-order valence-corrected chi connectivity index (χ4v) is 1.79. The van der Waals surface area contributed by atoms with Gasteiger partial charge >= 0.3 is 0 Å². The van der Waals surface area contributed by atoms with Crippen LogP contribution in [0.3, 0.4) is 0 Å². The summed E-state index contributed by atoms with van der Waals surface area (Å²) >= 11 is 0. The zero-order chi connectivity index (χ0) is 9.84. The van der Waals surface area contributed by atoms with Gasteiger partial charge in [0.2, 0.25) is 0 Å². The highest BCUT2D eigenvalue weighted by Crippen LogP contribution is 2.14. The topological polar surface area (TPSA) is 43.1 Å². The molecule has 1 rings (SSSR count). The second-order valence-electron chi connectivity index (χ2n) is 2.46. The number of rotatable bonds is 3. The lowest BCUT2D eigenvalue weighted by atomic mass is 10.3. The van der Waals surface area contributed by atoms with Crippen LogP contribution >= 0.6 is 0 Å². The molecule has 1 aromatic carbocycles. The van der Waals surface area contributed by atoms with Crippen LogP contribution in [-0.4, -0.2) is 16.6 Å². The molecule has 0 saturated heterocycles. The Morgan fingerprint density at radius 1 is 1.38 bits per heavy atom. The summed E-state index contributed by atoms with van der Waals surface area (Å²) in [6.07, 6.45) is 0. The van der Waals surface area contributed by atoms with Crippen LogP contribution in [0, 0.1) is 5.82 Å². The highest BCUT2D eigenvalue weighted by Gasteiger charge is 2.05. The van der Waals surface area contributed by atoms with Crippen LogP contribution in [-0.2, 0) is 10.8 Å². The Kier molecular flexibility index (Phi) is 3.36. The number of nitrogens with two attached hydrogens (primary N) is 1. The predicted octanol–water partition coefficient (Wildman–Crippen LogP) is 1.49. The van der Waals surface area contributed by atoms with Crippen LogP contribution in [0.2, 0.25) is 0 Å². The normalized spacial score (nSPS) is 12.8. The SMILES string of the molecule is Nc1cc(F)cc(S(=O)CCF)c1. The van der Waals surface area contributed by atoms with E-state index in [1.807, 2.05) is 0 Å². The lowest BCUT2D eigenvalue weighted by Gasteiger charge is -2.01. The Labute approximate surface area is 77.2 Å². The Morgan fingerprint density at radius 3 is 2.62 bits per heavy atom. The number of benzene rings is 1. The molecule has 72 valence electrons. The van der Waals surface area contributed by atoms with E-state index in [0.29, 0.717) is 0 Å². The molecule has 1 unspecified atom stereocenters. The number of halogens is 2. The van der Waals surface area contributed by atoms with E-state index in [-0.39, 0.29) is 16.3 Å². The van der Waals surface area contributed by atoms with Crippen molar-refractivity contribution in [3.63, 3.8) is 0 Å². The molecular formula is C8H9F2NOS. The first-order valence-corrected chi connectivity index (χ1v) is 4.96. The van der Waals surface area contributed by atoms with Crippen LogP contribution in [0.25, 0.3) is 0 Å². The lowest BCUT2D eigenvalue weighted by molar-refractivity contribution is 0.528. The van der Waals surface area contributed by atoms with Gasteiger partial charge in [-0.1, -0.05) is 0 Å². The fraction of sp³-hybridized carbons (Fsp3) is 0.250. The summed E-state index contributed by atoms with van der Waals surface area (Å²) in [5, 5.41) is 0. The van der Waals surface area contributed by atoms with Crippen molar-refractivity contribution in [2.75, 3.05) is 18.2 Å². The van der Waals surface area contributed by atoms with Crippen LogP contribution in [0.4, 0.5) is 14.5 Å². The van der Waals surface area contributed by atoms with E-state index in [0.717, 1.165) is 12.1 Å². The third kappa shape index (κ3) is 2.77. The minimum absolute atomic E-state index is 0.122. The van der Waals surface area contributed by atoms with Crippen LogP contribution in [0.1, 0.15) is 0 Å². The van der Waals surface area contributed by atoms with E-state index >= 15 is 0 Å². The smallest absolute Gasteiger partial charge is 0.126 e. The van der Waals surface area contributed by atoms with Crippen LogP contribution in [0.5, 0.6) is 0 Å². The van der Waals surface area contributed by atoms with Gasteiger partial charge in [0.1, 0.15) is 12.5 Å². The summed E-state index contributed by atoms with van der Waals surface area (Å²) in [6.45, 7) is -0.691. The average Bonchev–Trinajstić information content (AvgIpc) is 2.03. The largest absolute Gasteiger partial charge is 0.399 e. The average molecular weight is 205 g/mol. The molecule has 0 heterocycles. The van der Waals surface area contributed by atoms with Crippen molar-refractivity contribution in [2.24, 2.45) is 0 Å². The van der Waals surface area contributed by atoms with E-state index < -0.39 is 23.3 Å². The Morgan fingerprint density at radius 2 is 2.08 bits per heavy atom. The van der Waals surface area contributed by atoms with Gasteiger partial charge in [-0.05, 0) is 18.2 Å². The zero-order valence-electron chi connectivity index (χ0n) is 6.80. The molecular weight excluding hydrogens is 196 g/mol. The molecule has 0 bridgehead atoms. The Bertz CT molecular complexity index is 310. The fourth-order valence-electron chi connectivity index (χ4n) is 0.904. The molecule has 0 spiro atoms. The first-order chi connectivity index (χ1) is 6.13. The Hall–Kier alpha value is -0.970. The second kappa shape index (κ2) is 4.32. The zero-order valence-corrected chi connectivity index (χ0v) is 7.61. The van der Waals surface area contributed by atoms with E-state index in [9.17, 15) is 13.0 Å². The number of anilines is 1. The first-order valence-electron chi connectivity index (χ1n) is 3.64. The third-order valence-corrected chi connectivity index (χ3v) is 2.71. The molecule has 1 aromatic rings. The van der Waals surface area contributed by atoms with Gasteiger partial charge in [0, 0.05) is 10.6 Å². The minimum atomic E-state index is -1.50. The molecule has 0 saturated carbocycles. The van der Waals surface area contributed by atoms with E-state index in [1.165, 1.54) is 6.07 Å². The molecule has 0 fully saturated rings. The molecule has 0 amide bonds. The number of nitrogen functional groups attached to an aromatic ring is 1. The Balaban J connectivity index is 2.94. The van der Waals surface area contributed by atoms with E-state index in [2.05, 4.69) is 0 Å². The molecule has 2 nitrogen and oxygen atoms in total. The molecule has 0 aliphatic rings. The maximum Gasteiger partial charge on any atom is 0.126 e. The molecule has 0 radical (unpaired) electrons. The molecule has 2 N–H and O–H groups in total. The van der Waals surface area contributed by atoms with Crippen molar-refractivity contribution in [3.8, 4) is 0 Å². The summed E-state index contributed by atoms with van der Waals surface area (Å²) in [7, 11) is -1.50. The van der Waals surface area contributed by atoms with Gasteiger partial charge in [0.05, 0.1) is 16.6 Å². The van der Waals surface area contributed by atoms with Gasteiger partial charge in [-0.25, -0.2) is 4.39 Å². The number of hydrogen-bond donors (Lipinski definition) is 1. The second-order valence-corrected chi connectivity index (χ2v) is 4.03. The van der Waals surface area contributed by atoms with Crippen molar-refractivity contribution >= 4 is 16.5 Å². The van der Waals surface area contributed by atoms with Gasteiger partial charge < -0.3 is 5.73 Å². The first kappa shape index (κ1) is 10.1. The molecule has 13 heavy (non-hydrogen) atoms. The van der Waals surface area contributed by atoms with Gasteiger partial charge in [-0.3, -0.25) is 8.60 Å². The van der Waals surface area contributed by atoms with Crippen molar-refractivity contribution in [3.05, 3.63) is 24.0 Å². The molecule has 5 heteroatoms. The molecule has 0 aromatic heterocycles. The maximum absolute atomic E-state index is 12.7. The van der Waals surface area contributed by atoms with Crippen LogP contribution < -0.4 is 5.73 Å². The lowest BCUT2D eigenvalue weighted by Crippen LogP contribution is -2.01. The van der Waals surface area contributed by atoms with Gasteiger partial charge in [0.15, 0.2) is 0 Å². The summed E-state index contributed by atoms with van der Waals surface area (Å²) in [5.41, 5.74) is 5.52. The standard InChI is InChI=1S/C8H9F2NOS/c9-1-2-13(12)8-4-6(10)3-7(11)5-8/h3-5H,1-2,11H2. The van der Waals surface area contributed by atoms with Crippen molar-refractivity contribution in [1.29, 1.82) is 0 Å². The van der Waals surface area contributed by atoms with E-state index in [4.69, 9.17) is 5.73 Å². The van der Waals surface area contributed by atoms with Gasteiger partial charge in [-0.15, -0.1) is 0 Å². The maximum atomic E-state index is 12.7. The summed E-state index contributed by atoms with van der Waals surface area (Å²) in [6, 6.07) is 3.60. The third-order valence-electron chi connectivity index (χ3n) is 1.42. The summed E-state index contributed by atoms with van der Waals surface area (Å²) < 4.78 is 35.7. The van der Waals surface area contributed by atoms with Gasteiger partial charge in [-0.2, -0.15) is 0 Å². The van der Waals surface area contributed by atoms with Crippen molar-refractivity contribution in [2.45, 2.75) is 4.90 Å². The summed E-state index contributed by atoms with van der Waals surface area (Å²) in [5.74, 6) is -0.676. The minimum Gasteiger partial charge on any atom is -0.399 e.